The van der Waals surface area contributed by atoms with Crippen molar-refractivity contribution in [1.82, 2.24) is 9.80 Å². The molecular formula is C11H25N3. The topological polar surface area (TPSA) is 32.5 Å². The second kappa shape index (κ2) is 4.60. The van der Waals surface area contributed by atoms with E-state index in [1.165, 1.54) is 13.0 Å². The predicted octanol–water partition coefficient (Wildman–Crippen LogP) is 0.750. The van der Waals surface area contributed by atoms with Crippen LogP contribution in [0.25, 0.3) is 0 Å². The van der Waals surface area contributed by atoms with E-state index in [4.69, 9.17) is 5.73 Å². The van der Waals surface area contributed by atoms with Gasteiger partial charge in [-0.15, -0.1) is 0 Å². The van der Waals surface area contributed by atoms with Gasteiger partial charge in [-0.3, -0.25) is 4.90 Å². The van der Waals surface area contributed by atoms with Crippen LogP contribution in [-0.4, -0.2) is 54.6 Å². The Labute approximate surface area is 88.2 Å². The van der Waals surface area contributed by atoms with Crippen LogP contribution in [0.4, 0.5) is 0 Å². The molecule has 2 N–H and O–H groups in total. The number of hydrogen-bond donors (Lipinski definition) is 1. The van der Waals surface area contributed by atoms with E-state index in [1.54, 1.807) is 0 Å². The maximum atomic E-state index is 5.80. The minimum absolute atomic E-state index is 0.161. The van der Waals surface area contributed by atoms with E-state index in [0.29, 0.717) is 6.04 Å². The van der Waals surface area contributed by atoms with Gasteiger partial charge in [0.2, 0.25) is 0 Å². The maximum Gasteiger partial charge on any atom is 0.0276 e. The third-order valence-electron chi connectivity index (χ3n) is 3.60. The molecule has 0 radical (unpaired) electrons. The van der Waals surface area contributed by atoms with Crippen LogP contribution < -0.4 is 5.73 Å². The van der Waals surface area contributed by atoms with E-state index >= 15 is 0 Å². The highest BCUT2D eigenvalue weighted by Crippen LogP contribution is 2.19. The summed E-state index contributed by atoms with van der Waals surface area (Å²) < 4.78 is 0. The van der Waals surface area contributed by atoms with Crippen molar-refractivity contribution in [3.05, 3.63) is 0 Å². The lowest BCUT2D eigenvalue weighted by molar-refractivity contribution is 0.0293. The van der Waals surface area contributed by atoms with E-state index in [-0.39, 0.29) is 5.54 Å². The van der Waals surface area contributed by atoms with Gasteiger partial charge in [-0.1, -0.05) is 6.92 Å². The monoisotopic (exact) mass is 199 g/mol. The quantitative estimate of drug-likeness (QED) is 0.728. The largest absolute Gasteiger partial charge is 0.329 e. The Kier molecular flexibility index (Phi) is 3.93. The Hall–Kier alpha value is -0.120. The first-order chi connectivity index (χ1) is 6.51. The zero-order valence-corrected chi connectivity index (χ0v) is 10.1. The highest BCUT2D eigenvalue weighted by atomic mass is 15.3. The summed E-state index contributed by atoms with van der Waals surface area (Å²) in [5.74, 6) is 0. The fourth-order valence-corrected chi connectivity index (χ4v) is 2.07. The third kappa shape index (κ3) is 2.47. The van der Waals surface area contributed by atoms with Crippen molar-refractivity contribution < 1.29 is 0 Å². The van der Waals surface area contributed by atoms with E-state index in [9.17, 15) is 0 Å². The molecular weight excluding hydrogens is 174 g/mol. The molecule has 1 atom stereocenters. The summed E-state index contributed by atoms with van der Waals surface area (Å²) in [6.45, 7) is 11.0. The Morgan fingerprint density at radius 3 is 2.50 bits per heavy atom. The molecule has 3 heteroatoms. The van der Waals surface area contributed by atoms with Crippen molar-refractivity contribution >= 4 is 0 Å². The molecule has 3 nitrogen and oxygen atoms in total. The van der Waals surface area contributed by atoms with Crippen LogP contribution in [0.5, 0.6) is 0 Å². The molecule has 0 aromatic heterocycles. The van der Waals surface area contributed by atoms with Gasteiger partial charge in [0.05, 0.1) is 0 Å². The number of likely N-dealkylation sites (N-methyl/N-ethyl adjacent to an activating group) is 1. The average Bonchev–Trinajstić information content (AvgIpc) is 2.18. The number of hydrogen-bond acceptors (Lipinski definition) is 3. The maximum absolute atomic E-state index is 5.80. The molecule has 0 saturated carbocycles. The van der Waals surface area contributed by atoms with Crippen molar-refractivity contribution in [2.75, 3.05) is 33.2 Å². The molecule has 1 rings (SSSR count). The lowest BCUT2D eigenvalue weighted by Gasteiger charge is -2.46. The second-order valence-corrected chi connectivity index (χ2v) is 5.01. The second-order valence-electron chi connectivity index (χ2n) is 5.01. The fourth-order valence-electron chi connectivity index (χ4n) is 2.07. The van der Waals surface area contributed by atoms with Gasteiger partial charge in [-0.05, 0) is 27.3 Å². The minimum atomic E-state index is 0.161. The molecule has 84 valence electrons. The predicted molar refractivity (Wildman–Crippen MR) is 61.4 cm³/mol. The lowest BCUT2D eigenvalue weighted by Crippen LogP contribution is -2.59. The summed E-state index contributed by atoms with van der Waals surface area (Å²) >= 11 is 0. The molecule has 0 amide bonds. The lowest BCUT2D eigenvalue weighted by atomic mass is 9.99. The van der Waals surface area contributed by atoms with Crippen molar-refractivity contribution in [3.8, 4) is 0 Å². The molecule has 1 saturated heterocycles. The summed E-state index contributed by atoms with van der Waals surface area (Å²) in [5, 5.41) is 0. The SMILES string of the molecule is CCC1CN(C(C)(C)CN)CCN1C. The van der Waals surface area contributed by atoms with Crippen LogP contribution >= 0.6 is 0 Å². The molecule has 0 aliphatic carbocycles. The molecule has 1 heterocycles. The minimum Gasteiger partial charge on any atom is -0.329 e. The number of piperazine rings is 1. The van der Waals surface area contributed by atoms with Gasteiger partial charge < -0.3 is 10.6 Å². The molecule has 14 heavy (non-hydrogen) atoms. The molecule has 0 aromatic carbocycles. The Morgan fingerprint density at radius 2 is 2.00 bits per heavy atom. The van der Waals surface area contributed by atoms with Crippen LogP contribution in [0, 0.1) is 0 Å². The molecule has 0 spiro atoms. The first-order valence-corrected chi connectivity index (χ1v) is 5.66. The standard InChI is InChI=1S/C11H25N3/c1-5-10-8-14(7-6-13(10)4)11(2,3)9-12/h10H,5-9,12H2,1-4H3. The van der Waals surface area contributed by atoms with Gasteiger partial charge in [-0.25, -0.2) is 0 Å². The Balaban J connectivity index is 2.58. The van der Waals surface area contributed by atoms with Gasteiger partial charge in [0.15, 0.2) is 0 Å². The Morgan fingerprint density at radius 1 is 1.36 bits per heavy atom. The molecule has 0 aromatic rings. The van der Waals surface area contributed by atoms with Gasteiger partial charge in [0.1, 0.15) is 0 Å². The van der Waals surface area contributed by atoms with Crippen LogP contribution in [0.3, 0.4) is 0 Å². The van der Waals surface area contributed by atoms with Crippen LogP contribution in [-0.2, 0) is 0 Å². The van der Waals surface area contributed by atoms with Crippen molar-refractivity contribution in [3.63, 3.8) is 0 Å². The number of rotatable bonds is 3. The fraction of sp³-hybridized carbons (Fsp3) is 1.00. The van der Waals surface area contributed by atoms with Gasteiger partial charge in [-0.2, -0.15) is 0 Å². The van der Waals surface area contributed by atoms with Crippen LogP contribution in [0.1, 0.15) is 27.2 Å². The van der Waals surface area contributed by atoms with Crippen molar-refractivity contribution in [1.29, 1.82) is 0 Å². The molecule has 1 fully saturated rings. The van der Waals surface area contributed by atoms with Gasteiger partial charge in [0.25, 0.3) is 0 Å². The zero-order chi connectivity index (χ0) is 10.8. The third-order valence-corrected chi connectivity index (χ3v) is 3.60. The van der Waals surface area contributed by atoms with Gasteiger partial charge >= 0.3 is 0 Å². The number of nitrogens with two attached hydrogens (primary N) is 1. The van der Waals surface area contributed by atoms with Crippen molar-refractivity contribution in [2.45, 2.75) is 38.8 Å². The first-order valence-electron chi connectivity index (χ1n) is 5.66. The first kappa shape index (κ1) is 12.0. The van der Waals surface area contributed by atoms with E-state index < -0.39 is 0 Å². The molecule has 1 aliphatic rings. The van der Waals surface area contributed by atoms with Crippen LogP contribution in [0.15, 0.2) is 0 Å². The molecule has 1 unspecified atom stereocenters. The zero-order valence-electron chi connectivity index (χ0n) is 10.1. The smallest absolute Gasteiger partial charge is 0.0276 e. The number of nitrogens with zero attached hydrogens (tertiary/aromatic N) is 2. The Bertz CT molecular complexity index is 179. The average molecular weight is 199 g/mol. The summed E-state index contributed by atoms with van der Waals surface area (Å²) in [5.41, 5.74) is 5.96. The summed E-state index contributed by atoms with van der Waals surface area (Å²) in [6.07, 6.45) is 1.23. The summed E-state index contributed by atoms with van der Waals surface area (Å²) in [4.78, 5) is 4.99. The summed E-state index contributed by atoms with van der Waals surface area (Å²) in [6, 6.07) is 0.703. The van der Waals surface area contributed by atoms with E-state index in [1.807, 2.05) is 0 Å². The van der Waals surface area contributed by atoms with Gasteiger partial charge in [0, 0.05) is 37.8 Å². The normalized spacial score (nSPS) is 26.8. The van der Waals surface area contributed by atoms with E-state index in [0.717, 1.165) is 19.6 Å². The van der Waals surface area contributed by atoms with Crippen LogP contribution in [0.2, 0.25) is 0 Å². The highest BCUT2D eigenvalue weighted by Gasteiger charge is 2.31. The summed E-state index contributed by atoms with van der Waals surface area (Å²) in [7, 11) is 2.22. The van der Waals surface area contributed by atoms with Crippen molar-refractivity contribution in [2.24, 2.45) is 5.73 Å². The molecule has 1 aliphatic heterocycles. The molecule has 0 bridgehead atoms. The van der Waals surface area contributed by atoms with E-state index in [2.05, 4.69) is 37.6 Å². The highest BCUT2D eigenvalue weighted by molar-refractivity contribution is 4.89.